The van der Waals surface area contributed by atoms with Crippen LogP contribution in [0.1, 0.15) is 40.5 Å². The lowest BCUT2D eigenvalue weighted by Crippen LogP contribution is -2.36. The van der Waals surface area contributed by atoms with Gasteiger partial charge in [-0.25, -0.2) is 0 Å². The zero-order valence-electron chi connectivity index (χ0n) is 23.0. The Bertz CT molecular complexity index is 1080. The van der Waals surface area contributed by atoms with Gasteiger partial charge in [0.1, 0.15) is 6.10 Å². The number of aliphatic hydroxyl groups is 1. The van der Waals surface area contributed by atoms with Crippen molar-refractivity contribution < 1.29 is 33.7 Å². The molecule has 0 aromatic rings. The Morgan fingerprint density at radius 3 is 2.42 bits per heavy atom. The van der Waals surface area contributed by atoms with Gasteiger partial charge in [0.2, 0.25) is 5.78 Å². The second-order valence-electron chi connectivity index (χ2n) is 9.93. The molecule has 0 spiro atoms. The molecule has 0 aromatic carbocycles. The van der Waals surface area contributed by atoms with Crippen LogP contribution < -0.4 is 11.1 Å². The fraction of sp³-hybridized carbons (Fsp3) is 0.483. The van der Waals surface area contributed by atoms with Gasteiger partial charge >= 0.3 is 0 Å². The summed E-state index contributed by atoms with van der Waals surface area (Å²) in [5, 5.41) is 13.7. The fourth-order valence-corrected chi connectivity index (χ4v) is 4.57. The summed E-state index contributed by atoms with van der Waals surface area (Å²) in [5.41, 5.74) is 7.06. The van der Waals surface area contributed by atoms with E-state index in [1.807, 2.05) is 26.8 Å². The molecule has 0 unspecified atom stereocenters. The molecular formula is C29H40N2O7. The SMILES string of the molecule is C=C(N)O[C@H]1/C(C)=C/[C@H](C)[C@@H](O)[C@@H](OC)C[C@H](C)CC2=CC(=O)C=C(NC(=O)/C(C)=C/C=C\[C@@H]1OC)C2=O. The van der Waals surface area contributed by atoms with Gasteiger partial charge in [-0.15, -0.1) is 0 Å². The number of nitrogens with two attached hydrogens (primary N) is 1. The number of hydrogen-bond acceptors (Lipinski definition) is 8. The predicted molar refractivity (Wildman–Crippen MR) is 144 cm³/mol. The second-order valence-corrected chi connectivity index (χ2v) is 9.93. The van der Waals surface area contributed by atoms with Crippen molar-refractivity contribution in [3.05, 3.63) is 71.3 Å². The molecule has 1 heterocycles. The number of allylic oxidation sites excluding steroid dienone is 5. The third-order valence-corrected chi connectivity index (χ3v) is 6.64. The van der Waals surface area contributed by atoms with Crippen LogP contribution >= 0.6 is 0 Å². The largest absolute Gasteiger partial charge is 0.469 e. The molecule has 2 bridgehead atoms. The Morgan fingerprint density at radius 1 is 1.13 bits per heavy atom. The number of aliphatic hydroxyl groups excluding tert-OH is 1. The maximum absolute atomic E-state index is 13.0. The molecule has 38 heavy (non-hydrogen) atoms. The van der Waals surface area contributed by atoms with Gasteiger partial charge in [-0.3, -0.25) is 14.4 Å². The van der Waals surface area contributed by atoms with Crippen molar-refractivity contribution in [2.75, 3.05) is 14.2 Å². The number of carbonyl (C=O) groups excluding carboxylic acids is 3. The molecule has 0 fully saturated rings. The first-order valence-electron chi connectivity index (χ1n) is 12.6. The number of rotatable bonds is 4. The van der Waals surface area contributed by atoms with Gasteiger partial charge in [0.25, 0.3) is 5.91 Å². The number of fused-ring (bicyclic) bond motifs is 2. The lowest BCUT2D eigenvalue weighted by Gasteiger charge is -2.30. The molecular weight excluding hydrogens is 488 g/mol. The average molecular weight is 529 g/mol. The van der Waals surface area contributed by atoms with Crippen molar-refractivity contribution in [1.29, 1.82) is 0 Å². The van der Waals surface area contributed by atoms with E-state index in [1.54, 1.807) is 25.2 Å². The van der Waals surface area contributed by atoms with Crippen LogP contribution in [0.25, 0.3) is 0 Å². The molecule has 0 saturated heterocycles. The summed E-state index contributed by atoms with van der Waals surface area (Å²) < 4.78 is 17.0. The van der Waals surface area contributed by atoms with Gasteiger partial charge in [0.15, 0.2) is 17.8 Å². The van der Waals surface area contributed by atoms with E-state index >= 15 is 0 Å². The van der Waals surface area contributed by atoms with Crippen LogP contribution in [0.15, 0.2) is 71.3 Å². The molecule has 208 valence electrons. The van der Waals surface area contributed by atoms with Crippen LogP contribution in [0, 0.1) is 11.8 Å². The number of Topliss-reactive ketones (excluding diaryl/α,β-unsaturated/α-hetero) is 1. The van der Waals surface area contributed by atoms with Gasteiger partial charge < -0.3 is 30.4 Å². The van der Waals surface area contributed by atoms with E-state index in [4.69, 9.17) is 19.9 Å². The van der Waals surface area contributed by atoms with Crippen molar-refractivity contribution in [3.63, 3.8) is 0 Å². The summed E-state index contributed by atoms with van der Waals surface area (Å²) in [5.74, 6) is -1.72. The number of nitrogens with one attached hydrogen (secondary N) is 1. The number of methoxy groups -OCH3 is 2. The lowest BCUT2D eigenvalue weighted by atomic mass is 9.86. The summed E-state index contributed by atoms with van der Waals surface area (Å²) >= 11 is 0. The van der Waals surface area contributed by atoms with Gasteiger partial charge in [-0.05, 0) is 50.8 Å². The summed E-state index contributed by atoms with van der Waals surface area (Å²) in [6.45, 7) is 10.9. The second kappa shape index (κ2) is 14.0. The van der Waals surface area contributed by atoms with Crippen molar-refractivity contribution >= 4 is 17.5 Å². The zero-order valence-corrected chi connectivity index (χ0v) is 23.0. The molecule has 9 nitrogen and oxygen atoms in total. The standard InChI is InChI=1S/C29H40N2O7/c1-16-11-21-14-22(32)15-23(27(21)34)31-29(35)17(2)9-8-10-24(36-6)28(38-20(5)30)19(4)13-18(3)26(33)25(12-16)37-7/h8-10,13-16,18,24-26,28,33H,5,11-12,30H2,1-4,6-7H3,(H,31,35)/b10-8-,17-9+,19-13+/t16-,18+,24+,25+,26-,28+/m1/s1. The Balaban J connectivity index is 2.53. The molecule has 0 radical (unpaired) electrons. The molecule has 0 aromatic heterocycles. The number of ether oxygens (including phenoxy) is 3. The Labute approximate surface area is 224 Å². The molecule has 9 heteroatoms. The van der Waals surface area contributed by atoms with Crippen LogP contribution in [0.3, 0.4) is 0 Å². The zero-order chi connectivity index (χ0) is 28.6. The van der Waals surface area contributed by atoms with Crippen LogP contribution in [0.5, 0.6) is 0 Å². The van der Waals surface area contributed by atoms with Gasteiger partial charge in [-0.1, -0.05) is 38.2 Å². The van der Waals surface area contributed by atoms with E-state index in [2.05, 4.69) is 11.9 Å². The Morgan fingerprint density at radius 2 is 1.82 bits per heavy atom. The average Bonchev–Trinajstić information content (AvgIpc) is 2.85. The minimum absolute atomic E-state index is 0.00685. The number of ketones is 2. The van der Waals surface area contributed by atoms with Gasteiger partial charge in [-0.2, -0.15) is 0 Å². The van der Waals surface area contributed by atoms with Crippen molar-refractivity contribution in [2.24, 2.45) is 17.6 Å². The van der Waals surface area contributed by atoms with Crippen molar-refractivity contribution in [1.82, 2.24) is 5.32 Å². The first-order chi connectivity index (χ1) is 17.9. The van der Waals surface area contributed by atoms with Crippen molar-refractivity contribution in [2.45, 2.75) is 65.0 Å². The fourth-order valence-electron chi connectivity index (χ4n) is 4.57. The summed E-state index contributed by atoms with van der Waals surface area (Å²) in [4.78, 5) is 38.1. The molecule has 6 atom stereocenters. The van der Waals surface area contributed by atoms with E-state index in [0.717, 1.165) is 11.6 Å². The van der Waals surface area contributed by atoms with E-state index in [0.29, 0.717) is 17.6 Å². The molecule has 1 aliphatic carbocycles. The van der Waals surface area contributed by atoms with Crippen LogP contribution in [0.2, 0.25) is 0 Å². The first-order valence-corrected chi connectivity index (χ1v) is 12.6. The molecule has 2 aliphatic rings. The van der Waals surface area contributed by atoms with E-state index in [9.17, 15) is 19.5 Å². The third kappa shape index (κ3) is 8.37. The lowest BCUT2D eigenvalue weighted by molar-refractivity contribution is -0.120. The predicted octanol–water partition coefficient (Wildman–Crippen LogP) is 2.79. The van der Waals surface area contributed by atoms with Gasteiger partial charge in [0.05, 0.1) is 17.9 Å². The molecule has 2 rings (SSSR count). The highest BCUT2D eigenvalue weighted by Crippen LogP contribution is 2.27. The topological polar surface area (TPSA) is 137 Å². The maximum atomic E-state index is 13.0. The smallest absolute Gasteiger partial charge is 0.251 e. The Kier molecular flexibility index (Phi) is 11.4. The maximum Gasteiger partial charge on any atom is 0.251 e. The highest BCUT2D eigenvalue weighted by molar-refractivity contribution is 6.21. The van der Waals surface area contributed by atoms with E-state index in [-0.39, 0.29) is 35.6 Å². The summed E-state index contributed by atoms with van der Waals surface area (Å²) in [7, 11) is 3.04. The molecule has 1 amide bonds. The van der Waals surface area contributed by atoms with Crippen molar-refractivity contribution in [3.8, 4) is 0 Å². The number of carbonyl (C=O) groups is 3. The monoisotopic (exact) mass is 528 g/mol. The summed E-state index contributed by atoms with van der Waals surface area (Å²) in [6.07, 6.45) is 7.27. The number of amides is 1. The normalized spacial score (nSPS) is 33.6. The van der Waals surface area contributed by atoms with E-state index in [1.165, 1.54) is 20.3 Å². The quantitative estimate of drug-likeness (QED) is 0.288. The molecule has 0 saturated carbocycles. The van der Waals surface area contributed by atoms with Crippen LogP contribution in [-0.4, -0.2) is 61.2 Å². The summed E-state index contributed by atoms with van der Waals surface area (Å²) in [6, 6.07) is 0. The minimum atomic E-state index is -0.865. The van der Waals surface area contributed by atoms with Gasteiger partial charge in [0, 0.05) is 37.4 Å². The van der Waals surface area contributed by atoms with E-state index < -0.39 is 36.1 Å². The highest BCUT2D eigenvalue weighted by Gasteiger charge is 2.30. The van der Waals surface area contributed by atoms with Crippen LogP contribution in [0.4, 0.5) is 0 Å². The molecule has 4 N–H and O–H groups in total. The Hall–Kier alpha value is -3.27. The highest BCUT2D eigenvalue weighted by atomic mass is 16.5. The molecule has 1 aliphatic heterocycles. The minimum Gasteiger partial charge on any atom is -0.469 e. The number of hydrogen-bond donors (Lipinski definition) is 3. The third-order valence-electron chi connectivity index (χ3n) is 6.64. The first kappa shape index (κ1) is 31.0. The van der Waals surface area contributed by atoms with Crippen LogP contribution in [-0.2, 0) is 28.6 Å².